The smallest absolute Gasteiger partial charge is 0.293 e. The van der Waals surface area contributed by atoms with Crippen LogP contribution in [0.15, 0.2) is 18.2 Å². The molecule has 2 heterocycles. The topological polar surface area (TPSA) is 99.0 Å². The van der Waals surface area contributed by atoms with Crippen molar-refractivity contribution in [2.45, 2.75) is 27.2 Å². The van der Waals surface area contributed by atoms with Crippen LogP contribution < -0.4 is 5.32 Å². The van der Waals surface area contributed by atoms with Gasteiger partial charge in [0.1, 0.15) is 5.69 Å². The van der Waals surface area contributed by atoms with Crippen LogP contribution in [-0.2, 0) is 9.59 Å². The van der Waals surface area contributed by atoms with Crippen molar-refractivity contribution in [2.24, 2.45) is 11.8 Å². The van der Waals surface area contributed by atoms with Crippen LogP contribution in [-0.4, -0.2) is 83.8 Å². The molecule has 31 heavy (non-hydrogen) atoms. The maximum atomic E-state index is 12.7. The Labute approximate surface area is 183 Å². The number of benzene rings is 1. The molecule has 1 N–H and O–H groups in total. The number of carbonyl (C=O) groups excluding carboxylic acids is 2. The fourth-order valence-corrected chi connectivity index (χ4v) is 4.55. The molecular weight excluding hydrogens is 398 g/mol. The number of hydrogen-bond acceptors (Lipinski definition) is 6. The monoisotopic (exact) mass is 431 g/mol. The third-order valence-electron chi connectivity index (χ3n) is 6.04. The van der Waals surface area contributed by atoms with Crippen molar-refractivity contribution < 1.29 is 14.5 Å². The van der Waals surface area contributed by atoms with Crippen LogP contribution in [0.2, 0.25) is 0 Å². The molecule has 2 saturated heterocycles. The number of nitrogens with one attached hydrogen (secondary N) is 1. The highest BCUT2D eigenvalue weighted by atomic mass is 16.6. The van der Waals surface area contributed by atoms with E-state index in [0.717, 1.165) is 31.7 Å². The zero-order valence-electron chi connectivity index (χ0n) is 18.7. The largest absolute Gasteiger partial charge is 0.341 e. The van der Waals surface area contributed by atoms with Gasteiger partial charge in [0.15, 0.2) is 0 Å². The van der Waals surface area contributed by atoms with Gasteiger partial charge in [0.25, 0.3) is 5.69 Å². The summed E-state index contributed by atoms with van der Waals surface area (Å²) in [6.07, 6.45) is 1.18. The number of likely N-dealkylation sites (tertiary alicyclic amines) is 1. The first-order valence-electron chi connectivity index (χ1n) is 11.0. The highest BCUT2D eigenvalue weighted by Crippen LogP contribution is 2.25. The number of piperazine rings is 1. The minimum absolute atomic E-state index is 0.0990. The standard InChI is InChI=1S/C22H33N5O4/c1-16-4-5-19(20(11-16)27(30)31)23-21(28)14-24-6-8-25(9-7-24)15-22(29)26-12-17(2)10-18(3)13-26/h4-5,11,17-18H,6-10,12-15H2,1-3H3,(H,23,28)/t17-,18-/m1/s1. The van der Waals surface area contributed by atoms with Crippen molar-refractivity contribution in [3.8, 4) is 0 Å². The summed E-state index contributed by atoms with van der Waals surface area (Å²) in [4.78, 5) is 42.0. The number of aryl methyl sites for hydroxylation is 1. The Morgan fingerprint density at radius 1 is 1.06 bits per heavy atom. The molecule has 1 aromatic carbocycles. The van der Waals surface area contributed by atoms with Crippen molar-refractivity contribution in [3.63, 3.8) is 0 Å². The van der Waals surface area contributed by atoms with Gasteiger partial charge in [0.05, 0.1) is 18.0 Å². The molecule has 0 saturated carbocycles. The molecule has 2 aliphatic rings. The van der Waals surface area contributed by atoms with Gasteiger partial charge in [-0.25, -0.2) is 0 Å². The summed E-state index contributed by atoms with van der Waals surface area (Å²) in [7, 11) is 0. The molecule has 1 aromatic rings. The third kappa shape index (κ3) is 6.48. The molecular formula is C22H33N5O4. The minimum Gasteiger partial charge on any atom is -0.341 e. The summed E-state index contributed by atoms with van der Waals surface area (Å²) in [6.45, 7) is 11.3. The first-order valence-corrected chi connectivity index (χ1v) is 11.0. The molecule has 3 rings (SSSR count). The van der Waals surface area contributed by atoms with Gasteiger partial charge in [-0.15, -0.1) is 0 Å². The van der Waals surface area contributed by atoms with Gasteiger partial charge in [0, 0.05) is 45.3 Å². The van der Waals surface area contributed by atoms with Crippen LogP contribution in [0.4, 0.5) is 11.4 Å². The average Bonchev–Trinajstić information content (AvgIpc) is 2.70. The van der Waals surface area contributed by atoms with Crippen LogP contribution >= 0.6 is 0 Å². The Balaban J connectivity index is 1.44. The fourth-order valence-electron chi connectivity index (χ4n) is 4.55. The third-order valence-corrected chi connectivity index (χ3v) is 6.04. The number of nitrogens with zero attached hydrogens (tertiary/aromatic N) is 4. The van der Waals surface area contributed by atoms with Crippen LogP contribution in [0.25, 0.3) is 0 Å². The molecule has 0 aromatic heterocycles. The molecule has 0 spiro atoms. The minimum atomic E-state index is -0.484. The second kappa shape index (κ2) is 10.2. The molecule has 0 radical (unpaired) electrons. The lowest BCUT2D eigenvalue weighted by atomic mass is 9.92. The molecule has 2 fully saturated rings. The lowest BCUT2D eigenvalue weighted by Gasteiger charge is -2.38. The zero-order chi connectivity index (χ0) is 22.5. The molecule has 0 aliphatic carbocycles. The van der Waals surface area contributed by atoms with Crippen LogP contribution in [0, 0.1) is 28.9 Å². The first kappa shape index (κ1) is 23.1. The number of carbonyl (C=O) groups is 2. The Kier molecular flexibility index (Phi) is 7.61. The van der Waals surface area contributed by atoms with E-state index >= 15 is 0 Å². The number of piperidine rings is 1. The molecule has 2 aliphatic heterocycles. The van der Waals surface area contributed by atoms with Gasteiger partial charge < -0.3 is 10.2 Å². The van der Waals surface area contributed by atoms with Crippen molar-refractivity contribution in [3.05, 3.63) is 33.9 Å². The van der Waals surface area contributed by atoms with Crippen molar-refractivity contribution in [2.75, 3.05) is 57.7 Å². The first-order chi connectivity index (χ1) is 14.7. The maximum Gasteiger partial charge on any atom is 0.293 e. The molecule has 170 valence electrons. The van der Waals surface area contributed by atoms with Gasteiger partial charge in [0.2, 0.25) is 11.8 Å². The highest BCUT2D eigenvalue weighted by Gasteiger charge is 2.28. The zero-order valence-corrected chi connectivity index (χ0v) is 18.7. The van der Waals surface area contributed by atoms with E-state index < -0.39 is 4.92 Å². The Bertz CT molecular complexity index is 812. The summed E-state index contributed by atoms with van der Waals surface area (Å²) >= 11 is 0. The van der Waals surface area contributed by atoms with Crippen molar-refractivity contribution in [1.29, 1.82) is 0 Å². The van der Waals surface area contributed by atoms with Gasteiger partial charge in [-0.2, -0.15) is 0 Å². The van der Waals surface area contributed by atoms with Crippen LogP contribution in [0.3, 0.4) is 0 Å². The summed E-state index contributed by atoms with van der Waals surface area (Å²) in [5.41, 5.74) is 0.886. The van der Waals surface area contributed by atoms with Crippen LogP contribution in [0.5, 0.6) is 0 Å². The molecule has 9 nitrogen and oxygen atoms in total. The Hall–Kier alpha value is -2.52. The molecule has 2 amide bonds. The maximum absolute atomic E-state index is 12.7. The second-order valence-electron chi connectivity index (χ2n) is 9.12. The molecule has 2 atom stereocenters. The Morgan fingerprint density at radius 3 is 2.23 bits per heavy atom. The summed E-state index contributed by atoms with van der Waals surface area (Å²) in [5, 5.41) is 13.9. The van der Waals surface area contributed by atoms with E-state index in [2.05, 4.69) is 24.1 Å². The second-order valence-corrected chi connectivity index (χ2v) is 9.12. The normalized spacial score (nSPS) is 22.9. The number of rotatable bonds is 6. The summed E-state index contributed by atoms with van der Waals surface area (Å²) in [5.74, 6) is 1.02. The van der Waals surface area contributed by atoms with E-state index in [0.29, 0.717) is 31.5 Å². The quantitative estimate of drug-likeness (QED) is 0.546. The lowest BCUT2D eigenvalue weighted by molar-refractivity contribution is -0.384. The predicted molar refractivity (Wildman–Crippen MR) is 119 cm³/mol. The molecule has 0 bridgehead atoms. The van der Waals surface area contributed by atoms with Crippen molar-refractivity contribution >= 4 is 23.2 Å². The highest BCUT2D eigenvalue weighted by molar-refractivity contribution is 5.94. The lowest BCUT2D eigenvalue weighted by Crippen LogP contribution is -2.52. The van der Waals surface area contributed by atoms with Gasteiger partial charge in [-0.3, -0.25) is 29.5 Å². The van der Waals surface area contributed by atoms with E-state index in [4.69, 9.17) is 0 Å². The number of nitro benzene ring substituents is 1. The molecule has 9 heteroatoms. The van der Waals surface area contributed by atoms with Gasteiger partial charge >= 0.3 is 0 Å². The van der Waals surface area contributed by atoms with Crippen LogP contribution in [0.1, 0.15) is 25.8 Å². The average molecular weight is 432 g/mol. The Morgan fingerprint density at radius 2 is 1.65 bits per heavy atom. The van der Waals surface area contributed by atoms with E-state index in [1.165, 1.54) is 12.5 Å². The van der Waals surface area contributed by atoms with E-state index in [1.54, 1.807) is 19.1 Å². The number of amides is 2. The number of hydrogen-bond donors (Lipinski definition) is 1. The summed E-state index contributed by atoms with van der Waals surface area (Å²) < 4.78 is 0. The number of anilines is 1. The van der Waals surface area contributed by atoms with E-state index in [-0.39, 0.29) is 29.7 Å². The van der Waals surface area contributed by atoms with Gasteiger partial charge in [-0.1, -0.05) is 19.9 Å². The molecule has 0 unspecified atom stereocenters. The fraction of sp³-hybridized carbons (Fsp3) is 0.636. The predicted octanol–water partition coefficient (Wildman–Crippen LogP) is 1.96. The SMILES string of the molecule is Cc1ccc(NC(=O)CN2CCN(CC(=O)N3C[C@H](C)C[C@@H](C)C3)CC2)c([N+](=O)[O-])c1. The van der Waals surface area contributed by atoms with E-state index in [1.807, 2.05) is 9.80 Å². The van der Waals surface area contributed by atoms with Crippen molar-refractivity contribution in [1.82, 2.24) is 14.7 Å². The van der Waals surface area contributed by atoms with E-state index in [9.17, 15) is 19.7 Å². The van der Waals surface area contributed by atoms with Gasteiger partial charge in [-0.05, 0) is 36.8 Å². The summed E-state index contributed by atoms with van der Waals surface area (Å²) in [6, 6.07) is 4.76. The number of nitro groups is 1.